The fourth-order valence-electron chi connectivity index (χ4n) is 14.2. The van der Waals surface area contributed by atoms with E-state index < -0.39 is 114 Å². The van der Waals surface area contributed by atoms with Crippen molar-refractivity contribution in [3.8, 4) is 0 Å². The molecule has 27 nitrogen and oxygen atoms in total. The molecule has 0 bridgehead atoms. The standard InChI is InChI=1S/C30H34O6.C27H28O5.C14H22O9.C13H22O7.2CH4/c1-29(2)35-27-26(32-20-19-31-3)25(34-28(27)36-29)21-33-30(22-13-7-4-8-14-22,23-15-9-5-10-16-23)24-17-11-6-12-18-24;1-26(2)31-24-23(28)22(30-25(24)32-26)18-29-27(19-12-6-3-7-13-19,20-14-8-4-9-15-20)21-16-10-5-11-17-21;1-8(15)20-7-11-12(19-6-5-18-4)13(21-9(2)16)14(23-11)22-10(3)17;1-8(14)17-7-9-10(16-6-5-15-4)11-12(18-9)20-13(2,3)19-11;;/h4-18,25-28H,19-21H2,1-3H3;3-17,22-25,28H,18H2,1-2H3;11-14H,5-7H2,1-4H3;9-12H,5-7H2,1-4H3;2*1H4/t25-,26+,27-,28?;22-,23+,24-,25?;11-,12+,13-,14?;9-,10+,11-,12?;;/m1111../s1. The number of ether oxygens (including phenoxy) is 22. The number of methoxy groups -OCH3 is 3. The predicted octanol–water partition coefficient (Wildman–Crippen LogP) is 10.7. The smallest absolute Gasteiger partial charge is 0.305 e. The molecule has 0 spiro atoms. The minimum Gasteiger partial charge on any atom is -0.463 e. The molecule has 7 aliphatic rings. The number of hydrogen-bond acceptors (Lipinski definition) is 27. The fraction of sp³-hybridized carbons (Fsp3) is 0.535. The lowest BCUT2D eigenvalue weighted by Crippen LogP contribution is -2.42. The summed E-state index contributed by atoms with van der Waals surface area (Å²) in [5, 5.41) is 10.9. The van der Waals surface area contributed by atoms with Crippen molar-refractivity contribution in [2.45, 2.75) is 211 Å². The van der Waals surface area contributed by atoms with E-state index in [0.717, 1.165) is 33.4 Å². The lowest BCUT2D eigenvalue weighted by molar-refractivity contribution is -0.227. The number of carbonyl (C=O) groups is 4. The maximum atomic E-state index is 11.3. The Bertz CT molecular complexity index is 3610. The maximum absolute atomic E-state index is 11.3. The van der Waals surface area contributed by atoms with Gasteiger partial charge in [-0.2, -0.15) is 0 Å². The highest BCUT2D eigenvalue weighted by atomic mass is 16.9. The van der Waals surface area contributed by atoms with Gasteiger partial charge in [0.1, 0.15) is 91.6 Å². The zero-order valence-electron chi connectivity index (χ0n) is 65.2. The molecule has 7 heterocycles. The summed E-state index contributed by atoms with van der Waals surface area (Å²) in [5.74, 6) is -4.24. The van der Waals surface area contributed by atoms with Gasteiger partial charge in [-0.05, 0) is 74.9 Å². The third kappa shape index (κ3) is 23.6. The molecule has 0 aromatic heterocycles. The van der Waals surface area contributed by atoms with Gasteiger partial charge in [-0.15, -0.1) is 0 Å². The Balaban J connectivity index is 0.000000193. The number of carbonyl (C=O) groups excluding carboxylic acids is 4. The van der Waals surface area contributed by atoms with E-state index in [2.05, 4.69) is 72.8 Å². The van der Waals surface area contributed by atoms with Crippen LogP contribution >= 0.6 is 0 Å². The van der Waals surface area contributed by atoms with Gasteiger partial charge < -0.3 is 109 Å². The molecule has 27 heteroatoms. The van der Waals surface area contributed by atoms with E-state index in [-0.39, 0.29) is 84.4 Å². The van der Waals surface area contributed by atoms with Gasteiger partial charge in [-0.1, -0.05) is 197 Å². The second-order valence-electron chi connectivity index (χ2n) is 28.4. The van der Waals surface area contributed by atoms with Crippen molar-refractivity contribution in [2.75, 3.05) is 87.4 Å². The Hall–Kier alpha value is -7.56. The van der Waals surface area contributed by atoms with Crippen molar-refractivity contribution in [3.63, 3.8) is 0 Å². The van der Waals surface area contributed by atoms with Crippen LogP contribution in [-0.2, 0) is 135 Å². The van der Waals surface area contributed by atoms with Gasteiger partial charge in [0, 0.05) is 49.0 Å². The summed E-state index contributed by atoms with van der Waals surface area (Å²) in [6, 6.07) is 61.3. The van der Waals surface area contributed by atoms with Crippen LogP contribution in [-0.4, -0.2) is 232 Å². The molecule has 620 valence electrons. The van der Waals surface area contributed by atoms with Gasteiger partial charge in [-0.3, -0.25) is 19.2 Å². The molecule has 1 N–H and O–H groups in total. The molecule has 0 saturated carbocycles. The molecule has 7 saturated heterocycles. The van der Waals surface area contributed by atoms with E-state index in [1.165, 1.54) is 34.8 Å². The van der Waals surface area contributed by atoms with Crippen molar-refractivity contribution in [3.05, 3.63) is 215 Å². The van der Waals surface area contributed by atoms with E-state index >= 15 is 0 Å². The average molecular weight is 1580 g/mol. The highest BCUT2D eigenvalue weighted by Crippen LogP contribution is 2.46. The van der Waals surface area contributed by atoms with Crippen LogP contribution in [0.1, 0.15) is 117 Å². The molecule has 6 aromatic carbocycles. The monoisotopic (exact) mass is 1580 g/mol. The van der Waals surface area contributed by atoms with Crippen LogP contribution in [0, 0.1) is 0 Å². The topological polar surface area (TPSA) is 292 Å². The second kappa shape index (κ2) is 42.4. The Morgan fingerprint density at radius 1 is 0.345 bits per heavy atom. The Morgan fingerprint density at radius 3 is 0.938 bits per heavy atom. The highest BCUT2D eigenvalue weighted by Gasteiger charge is 2.59. The fourth-order valence-corrected chi connectivity index (χ4v) is 14.2. The van der Waals surface area contributed by atoms with E-state index in [9.17, 15) is 24.3 Å². The summed E-state index contributed by atoms with van der Waals surface area (Å²) < 4.78 is 125. The van der Waals surface area contributed by atoms with Crippen molar-refractivity contribution in [2.24, 2.45) is 0 Å². The number of fused-ring (bicyclic) bond motifs is 3. The Kier molecular flexibility index (Phi) is 34.1. The zero-order chi connectivity index (χ0) is 79.4. The van der Waals surface area contributed by atoms with Crippen LogP contribution < -0.4 is 0 Å². The molecule has 7 aliphatic heterocycles. The number of rotatable bonds is 30. The molecule has 0 radical (unpaired) electrons. The third-order valence-corrected chi connectivity index (χ3v) is 18.8. The summed E-state index contributed by atoms with van der Waals surface area (Å²) >= 11 is 0. The molecular formula is C86H114O27. The first kappa shape index (κ1) is 91.0. The van der Waals surface area contributed by atoms with Crippen molar-refractivity contribution in [1.82, 2.24) is 0 Å². The Morgan fingerprint density at radius 2 is 0.628 bits per heavy atom. The summed E-state index contributed by atoms with van der Waals surface area (Å²) in [7, 11) is 4.77. The lowest BCUT2D eigenvalue weighted by atomic mass is 9.80. The molecule has 0 amide bonds. The highest BCUT2D eigenvalue weighted by molar-refractivity contribution is 5.68. The van der Waals surface area contributed by atoms with Crippen molar-refractivity contribution >= 4 is 23.9 Å². The summed E-state index contributed by atoms with van der Waals surface area (Å²) in [6.45, 7) is 18.8. The SMILES string of the molecule is C.C.CC1(C)OC2O[C@H](COC(c3ccccc3)(c3ccccc3)c3ccccc3)[C@H](O)[C@H]2O1.COCCO[C@H]1[C@@H](COC(C)=O)OC(OC(C)=O)[C@@H]1OC(C)=O.COCCO[C@H]1[C@@H](COC(C)=O)OC2OC(C)(C)O[C@@H]21.COCCO[C@H]1[C@@H](COC(c2ccccc2)(c2ccccc2)c2ccccc2)OC2OC(C)(C)O[C@@H]21. The lowest BCUT2D eigenvalue weighted by Gasteiger charge is -2.37. The minimum absolute atomic E-state index is 0. The van der Waals surface area contributed by atoms with Gasteiger partial charge in [0.15, 0.2) is 42.3 Å². The normalized spacial score (nSPS) is 27.2. The first-order valence-electron chi connectivity index (χ1n) is 37.2. The minimum atomic E-state index is -1.13. The van der Waals surface area contributed by atoms with Crippen LogP contribution in [0.2, 0.25) is 0 Å². The van der Waals surface area contributed by atoms with Crippen molar-refractivity contribution in [1.29, 1.82) is 0 Å². The molecule has 13 rings (SSSR count). The first-order valence-corrected chi connectivity index (χ1v) is 37.2. The summed E-state index contributed by atoms with van der Waals surface area (Å²) in [5.41, 5.74) is 4.38. The van der Waals surface area contributed by atoms with Crippen LogP contribution in [0.5, 0.6) is 0 Å². The van der Waals surface area contributed by atoms with Gasteiger partial charge in [-0.25, -0.2) is 0 Å². The van der Waals surface area contributed by atoms with Gasteiger partial charge in [0.05, 0.1) is 52.9 Å². The quantitative estimate of drug-likeness (QED) is 0.0190. The molecule has 6 aromatic rings. The maximum Gasteiger partial charge on any atom is 0.305 e. The van der Waals surface area contributed by atoms with Crippen LogP contribution in [0.3, 0.4) is 0 Å². The van der Waals surface area contributed by atoms with Crippen LogP contribution in [0.4, 0.5) is 0 Å². The predicted molar refractivity (Wildman–Crippen MR) is 410 cm³/mol. The zero-order valence-corrected chi connectivity index (χ0v) is 65.2. The Labute approximate surface area is 663 Å². The number of hydrogen-bond donors (Lipinski definition) is 1. The van der Waals surface area contributed by atoms with E-state index in [0.29, 0.717) is 33.0 Å². The van der Waals surface area contributed by atoms with E-state index in [1.807, 2.05) is 151 Å². The van der Waals surface area contributed by atoms with E-state index in [4.69, 9.17) is 104 Å². The molecule has 113 heavy (non-hydrogen) atoms. The number of aliphatic hydroxyl groups excluding tert-OH is 1. The molecule has 7 fully saturated rings. The first-order chi connectivity index (χ1) is 53.3. The number of aliphatic hydroxyl groups is 1. The van der Waals surface area contributed by atoms with Crippen LogP contribution in [0.15, 0.2) is 182 Å². The third-order valence-electron chi connectivity index (χ3n) is 18.8. The molecule has 0 aliphatic carbocycles. The van der Waals surface area contributed by atoms with E-state index in [1.54, 1.807) is 14.2 Å². The van der Waals surface area contributed by atoms with Crippen molar-refractivity contribution < 1.29 is 128 Å². The summed E-state index contributed by atoms with van der Waals surface area (Å²) in [6.07, 6.45) is -9.34. The van der Waals surface area contributed by atoms with Gasteiger partial charge in [0.25, 0.3) is 0 Å². The largest absolute Gasteiger partial charge is 0.463 e. The van der Waals surface area contributed by atoms with Gasteiger partial charge in [0.2, 0.25) is 6.29 Å². The average Bonchev–Trinajstić information content (AvgIpc) is 1.70. The van der Waals surface area contributed by atoms with Gasteiger partial charge >= 0.3 is 23.9 Å². The van der Waals surface area contributed by atoms with Crippen LogP contribution in [0.25, 0.3) is 0 Å². The molecular weight excluding hydrogens is 1460 g/mol. The molecule has 16 atom stereocenters. The number of benzene rings is 6. The summed E-state index contributed by atoms with van der Waals surface area (Å²) in [4.78, 5) is 44.4. The molecule has 4 unspecified atom stereocenters. The number of esters is 4. The second-order valence-corrected chi connectivity index (χ2v) is 28.4.